The molecular weight excluding hydrogens is 395 g/mol. The van der Waals surface area contributed by atoms with Crippen molar-refractivity contribution in [1.82, 2.24) is 15.0 Å². The first-order chi connectivity index (χ1) is 13.9. The Morgan fingerprint density at radius 1 is 1.07 bits per heavy atom. The maximum Gasteiger partial charge on any atom is 0.255 e. The molecule has 0 saturated carbocycles. The van der Waals surface area contributed by atoms with Gasteiger partial charge in [-0.25, -0.2) is 4.39 Å². The monoisotopic (exact) mass is 410 g/mol. The van der Waals surface area contributed by atoms with Crippen molar-refractivity contribution in [2.24, 2.45) is 0 Å². The van der Waals surface area contributed by atoms with E-state index in [1.165, 1.54) is 29.1 Å². The maximum atomic E-state index is 13.1. The molecule has 1 amide bonds. The summed E-state index contributed by atoms with van der Waals surface area (Å²) in [5, 5.41) is 12.2. The Labute approximate surface area is 170 Å². The van der Waals surface area contributed by atoms with Crippen LogP contribution in [0.3, 0.4) is 0 Å². The van der Waals surface area contributed by atoms with E-state index in [-0.39, 0.29) is 5.91 Å². The third kappa shape index (κ3) is 3.77. The van der Waals surface area contributed by atoms with Crippen molar-refractivity contribution in [3.8, 4) is 11.4 Å². The average Bonchev–Trinajstić information content (AvgIpc) is 3.11. The summed E-state index contributed by atoms with van der Waals surface area (Å²) in [7, 11) is 1.55. The van der Waals surface area contributed by atoms with Crippen molar-refractivity contribution in [3.05, 3.63) is 76.6 Å². The van der Waals surface area contributed by atoms with Crippen LogP contribution in [0.1, 0.15) is 15.9 Å². The largest absolute Gasteiger partial charge is 0.495 e. The lowest BCUT2D eigenvalue weighted by atomic mass is 10.1. The Morgan fingerprint density at radius 3 is 2.41 bits per heavy atom. The van der Waals surface area contributed by atoms with Gasteiger partial charge in [0, 0.05) is 11.3 Å². The van der Waals surface area contributed by atoms with Gasteiger partial charge in [-0.15, -0.1) is 10.2 Å². The molecule has 0 aliphatic rings. The van der Waals surface area contributed by atoms with Crippen LogP contribution in [-0.4, -0.2) is 28.0 Å². The average molecular weight is 411 g/mol. The zero-order valence-corrected chi connectivity index (χ0v) is 16.4. The van der Waals surface area contributed by atoms with Gasteiger partial charge in [-0.05, 0) is 67.1 Å². The molecule has 0 aliphatic heterocycles. The summed E-state index contributed by atoms with van der Waals surface area (Å²) >= 11 is 6.19. The van der Waals surface area contributed by atoms with Gasteiger partial charge < -0.3 is 10.1 Å². The van der Waals surface area contributed by atoms with Crippen molar-refractivity contribution >= 4 is 34.2 Å². The molecule has 0 spiro atoms. The number of benzene rings is 3. The molecule has 0 unspecified atom stereocenters. The molecule has 0 fully saturated rings. The Kier molecular flexibility index (Phi) is 4.90. The molecule has 0 saturated heterocycles. The van der Waals surface area contributed by atoms with Crippen LogP contribution in [0.2, 0.25) is 5.02 Å². The number of aromatic nitrogens is 3. The van der Waals surface area contributed by atoms with Crippen LogP contribution < -0.4 is 10.1 Å². The third-order valence-electron chi connectivity index (χ3n) is 4.45. The van der Waals surface area contributed by atoms with Crippen molar-refractivity contribution in [2.75, 3.05) is 12.4 Å². The molecule has 1 N–H and O–H groups in total. The van der Waals surface area contributed by atoms with Crippen LogP contribution in [0.25, 0.3) is 16.7 Å². The van der Waals surface area contributed by atoms with E-state index in [0.717, 1.165) is 5.56 Å². The first-order valence-corrected chi connectivity index (χ1v) is 9.11. The number of fused-ring (bicyclic) bond motifs is 1. The number of carbonyl (C=O) groups is 1. The van der Waals surface area contributed by atoms with Crippen LogP contribution in [0.15, 0.2) is 54.6 Å². The van der Waals surface area contributed by atoms with Gasteiger partial charge in [-0.2, -0.15) is 4.80 Å². The summed E-state index contributed by atoms with van der Waals surface area (Å²) in [4.78, 5) is 13.9. The molecular formula is C21H16ClFN4O2. The van der Waals surface area contributed by atoms with Crippen molar-refractivity contribution in [3.63, 3.8) is 0 Å². The summed E-state index contributed by atoms with van der Waals surface area (Å²) < 4.78 is 18.2. The number of anilines is 1. The molecule has 1 heterocycles. The molecule has 0 radical (unpaired) electrons. The zero-order valence-electron chi connectivity index (χ0n) is 15.6. The minimum atomic E-state index is -0.394. The molecule has 3 aromatic carbocycles. The normalized spacial score (nSPS) is 10.9. The number of amides is 1. The number of hydrogen-bond donors (Lipinski definition) is 1. The number of nitrogens with one attached hydrogen (secondary N) is 1. The molecule has 4 rings (SSSR count). The van der Waals surface area contributed by atoms with Gasteiger partial charge in [0.15, 0.2) is 0 Å². The summed E-state index contributed by atoms with van der Waals surface area (Å²) in [6.07, 6.45) is 0. The minimum Gasteiger partial charge on any atom is -0.495 e. The SMILES string of the molecule is COc1ccc(-n2nc3cc(C)c(NC(=O)c4ccc(F)cc4)cc3n2)cc1Cl. The van der Waals surface area contributed by atoms with Crippen LogP contribution in [0.4, 0.5) is 10.1 Å². The Bertz CT molecular complexity index is 1220. The van der Waals surface area contributed by atoms with E-state index in [4.69, 9.17) is 16.3 Å². The fourth-order valence-corrected chi connectivity index (χ4v) is 3.15. The number of nitrogens with zero attached hydrogens (tertiary/aromatic N) is 3. The molecule has 0 atom stereocenters. The first kappa shape index (κ1) is 18.9. The highest BCUT2D eigenvalue weighted by atomic mass is 35.5. The number of hydrogen-bond acceptors (Lipinski definition) is 4. The van der Waals surface area contributed by atoms with E-state index in [0.29, 0.717) is 38.7 Å². The fourth-order valence-electron chi connectivity index (χ4n) is 2.89. The van der Waals surface area contributed by atoms with E-state index in [1.54, 1.807) is 31.4 Å². The van der Waals surface area contributed by atoms with Gasteiger partial charge in [-0.1, -0.05) is 11.6 Å². The molecule has 1 aromatic heterocycles. The number of ether oxygens (including phenoxy) is 1. The second-order valence-corrected chi connectivity index (χ2v) is 6.83. The number of carbonyl (C=O) groups excluding carboxylic acids is 1. The number of aryl methyl sites for hydroxylation is 1. The highest BCUT2D eigenvalue weighted by Crippen LogP contribution is 2.27. The van der Waals surface area contributed by atoms with Gasteiger partial charge in [0.2, 0.25) is 0 Å². The number of methoxy groups -OCH3 is 1. The molecule has 4 aromatic rings. The number of rotatable bonds is 4. The molecule has 0 bridgehead atoms. The first-order valence-electron chi connectivity index (χ1n) is 8.73. The van der Waals surface area contributed by atoms with Crippen LogP contribution in [0, 0.1) is 12.7 Å². The number of halogens is 2. The predicted molar refractivity (Wildman–Crippen MR) is 110 cm³/mol. The van der Waals surface area contributed by atoms with E-state index in [9.17, 15) is 9.18 Å². The van der Waals surface area contributed by atoms with Crippen molar-refractivity contribution in [1.29, 1.82) is 0 Å². The molecule has 8 heteroatoms. The maximum absolute atomic E-state index is 13.1. The molecule has 0 aliphatic carbocycles. The Hall–Kier alpha value is -3.45. The van der Waals surface area contributed by atoms with Gasteiger partial charge in [0.1, 0.15) is 22.6 Å². The summed E-state index contributed by atoms with van der Waals surface area (Å²) in [5.41, 5.74) is 3.76. The van der Waals surface area contributed by atoms with Gasteiger partial charge in [-0.3, -0.25) is 4.79 Å². The highest BCUT2D eigenvalue weighted by molar-refractivity contribution is 6.32. The zero-order chi connectivity index (χ0) is 20.5. The lowest BCUT2D eigenvalue weighted by molar-refractivity contribution is 0.102. The second-order valence-electron chi connectivity index (χ2n) is 6.43. The van der Waals surface area contributed by atoms with E-state index < -0.39 is 5.82 Å². The Balaban J connectivity index is 1.65. The predicted octanol–water partition coefficient (Wildman–Crippen LogP) is 4.78. The lowest BCUT2D eigenvalue weighted by Gasteiger charge is -2.08. The van der Waals surface area contributed by atoms with E-state index >= 15 is 0 Å². The van der Waals surface area contributed by atoms with Crippen molar-refractivity contribution in [2.45, 2.75) is 6.92 Å². The lowest BCUT2D eigenvalue weighted by Crippen LogP contribution is -2.12. The highest BCUT2D eigenvalue weighted by Gasteiger charge is 2.13. The quantitative estimate of drug-likeness (QED) is 0.525. The summed E-state index contributed by atoms with van der Waals surface area (Å²) in [5.74, 6) is -0.162. The summed E-state index contributed by atoms with van der Waals surface area (Å²) in [6, 6.07) is 14.2. The standard InChI is InChI=1S/C21H16ClFN4O2/c1-12-9-18-19(11-17(12)24-21(28)13-3-5-14(23)6-4-13)26-27(25-18)15-7-8-20(29-2)16(22)10-15/h3-11H,1-2H3,(H,24,28). The minimum absolute atomic E-state index is 0.332. The van der Waals surface area contributed by atoms with Gasteiger partial charge in [0.25, 0.3) is 5.91 Å². The molecule has 146 valence electrons. The van der Waals surface area contributed by atoms with Crippen LogP contribution >= 0.6 is 11.6 Å². The van der Waals surface area contributed by atoms with E-state index in [2.05, 4.69) is 15.5 Å². The Morgan fingerprint density at radius 2 is 1.76 bits per heavy atom. The van der Waals surface area contributed by atoms with Crippen LogP contribution in [-0.2, 0) is 0 Å². The van der Waals surface area contributed by atoms with Crippen LogP contribution in [0.5, 0.6) is 5.75 Å². The smallest absolute Gasteiger partial charge is 0.255 e. The second kappa shape index (κ2) is 7.52. The summed E-state index contributed by atoms with van der Waals surface area (Å²) in [6.45, 7) is 1.86. The van der Waals surface area contributed by atoms with E-state index in [1.807, 2.05) is 13.0 Å². The molecule has 29 heavy (non-hydrogen) atoms. The third-order valence-corrected chi connectivity index (χ3v) is 4.74. The fraction of sp³-hybridized carbons (Fsp3) is 0.0952. The van der Waals surface area contributed by atoms with Gasteiger partial charge >= 0.3 is 0 Å². The van der Waals surface area contributed by atoms with Crippen molar-refractivity contribution < 1.29 is 13.9 Å². The molecule has 6 nitrogen and oxygen atoms in total. The van der Waals surface area contributed by atoms with Gasteiger partial charge in [0.05, 0.1) is 17.8 Å². The topological polar surface area (TPSA) is 69.0 Å².